The Morgan fingerprint density at radius 3 is 2.79 bits per heavy atom. The van der Waals surface area contributed by atoms with E-state index in [0.717, 1.165) is 19.6 Å². The number of carbonyl (C=O) groups is 1. The fourth-order valence-corrected chi connectivity index (χ4v) is 0.925. The van der Waals surface area contributed by atoms with Crippen LogP contribution in [0.15, 0.2) is 0 Å². The summed E-state index contributed by atoms with van der Waals surface area (Å²) in [5.74, 6) is -0.427. The van der Waals surface area contributed by atoms with E-state index in [-0.39, 0.29) is 6.54 Å². The summed E-state index contributed by atoms with van der Waals surface area (Å²) in [5.41, 5.74) is 4.93. The summed E-state index contributed by atoms with van der Waals surface area (Å²) in [5, 5.41) is 6.05. The third-order valence-corrected chi connectivity index (χ3v) is 1.67. The van der Waals surface area contributed by atoms with E-state index in [9.17, 15) is 4.79 Å². The lowest BCUT2D eigenvalue weighted by Crippen LogP contribution is -2.40. The van der Waals surface area contributed by atoms with Crippen LogP contribution >= 0.6 is 12.2 Å². The fourth-order valence-electron chi connectivity index (χ4n) is 0.750. The molecular weight excluding hydrogens is 202 g/mol. The molecule has 0 rings (SSSR count). The number of carbonyl (C=O) groups excluding carboxylic acids is 1. The van der Waals surface area contributed by atoms with Crippen LogP contribution in [0.25, 0.3) is 0 Å². The average molecular weight is 219 g/mol. The van der Waals surface area contributed by atoms with Crippen LogP contribution in [0.2, 0.25) is 0 Å². The number of amides is 1. The van der Waals surface area contributed by atoms with Gasteiger partial charge in [0.1, 0.15) is 0 Å². The number of hydrogen-bond donors (Lipinski definition) is 3. The van der Waals surface area contributed by atoms with Gasteiger partial charge in [-0.05, 0) is 25.6 Å². The van der Waals surface area contributed by atoms with Gasteiger partial charge in [-0.2, -0.15) is 0 Å². The molecule has 14 heavy (non-hydrogen) atoms. The molecule has 0 radical (unpaired) electrons. The Morgan fingerprint density at radius 1 is 1.50 bits per heavy atom. The van der Waals surface area contributed by atoms with Crippen molar-refractivity contribution in [2.75, 3.05) is 26.3 Å². The predicted octanol–water partition coefficient (Wildman–Crippen LogP) is -0.638. The highest BCUT2D eigenvalue weighted by atomic mass is 32.1. The van der Waals surface area contributed by atoms with Crippen LogP contribution in [0.3, 0.4) is 0 Å². The van der Waals surface area contributed by atoms with E-state index in [1.54, 1.807) is 0 Å². The summed E-state index contributed by atoms with van der Waals surface area (Å²) in [7, 11) is 0. The van der Waals surface area contributed by atoms with Gasteiger partial charge in [-0.15, -0.1) is 0 Å². The minimum absolute atomic E-state index is 0.0668. The first-order valence-electron chi connectivity index (χ1n) is 4.54. The van der Waals surface area contributed by atoms with Gasteiger partial charge < -0.3 is 21.1 Å². The molecule has 0 aromatic heterocycles. The predicted molar refractivity (Wildman–Crippen MR) is 58.9 cm³/mol. The van der Waals surface area contributed by atoms with Crippen LogP contribution < -0.4 is 16.4 Å². The molecule has 0 aromatic rings. The van der Waals surface area contributed by atoms with Gasteiger partial charge in [0, 0.05) is 19.8 Å². The van der Waals surface area contributed by atoms with E-state index < -0.39 is 5.91 Å². The van der Waals surface area contributed by atoms with Crippen LogP contribution in [0.4, 0.5) is 0 Å². The average Bonchev–Trinajstić information content (AvgIpc) is 2.14. The zero-order valence-corrected chi connectivity index (χ0v) is 9.15. The zero-order valence-electron chi connectivity index (χ0n) is 8.34. The van der Waals surface area contributed by atoms with Crippen molar-refractivity contribution in [3.05, 3.63) is 0 Å². The Hall–Kier alpha value is -0.880. The molecule has 0 saturated heterocycles. The summed E-state index contributed by atoms with van der Waals surface area (Å²) in [6, 6.07) is 0. The lowest BCUT2D eigenvalue weighted by Gasteiger charge is -2.08. The Kier molecular flexibility index (Phi) is 8.16. The molecule has 0 bridgehead atoms. The van der Waals surface area contributed by atoms with Crippen molar-refractivity contribution >= 4 is 23.2 Å². The monoisotopic (exact) mass is 219 g/mol. The van der Waals surface area contributed by atoms with Crippen LogP contribution in [0, 0.1) is 0 Å². The lowest BCUT2D eigenvalue weighted by atomic mass is 10.4. The number of nitrogens with two attached hydrogens (primary N) is 1. The molecule has 0 atom stereocenters. The maximum atomic E-state index is 10.4. The molecule has 0 fully saturated rings. The van der Waals surface area contributed by atoms with Crippen molar-refractivity contribution in [3.8, 4) is 0 Å². The molecule has 0 aliphatic rings. The summed E-state index contributed by atoms with van der Waals surface area (Å²) < 4.78 is 5.14. The topological polar surface area (TPSA) is 76.4 Å². The molecule has 1 amide bonds. The highest BCUT2D eigenvalue weighted by Gasteiger charge is 1.96. The molecule has 6 heteroatoms. The van der Waals surface area contributed by atoms with Gasteiger partial charge in [-0.3, -0.25) is 4.79 Å². The highest BCUT2D eigenvalue weighted by Crippen LogP contribution is 1.80. The maximum absolute atomic E-state index is 10.4. The van der Waals surface area contributed by atoms with Crippen molar-refractivity contribution in [2.45, 2.75) is 13.3 Å². The summed E-state index contributed by atoms with van der Waals surface area (Å²) in [6.07, 6.45) is 0.881. The van der Waals surface area contributed by atoms with E-state index in [0.29, 0.717) is 11.7 Å². The molecule has 0 spiro atoms. The number of rotatable bonds is 7. The van der Waals surface area contributed by atoms with E-state index >= 15 is 0 Å². The van der Waals surface area contributed by atoms with Crippen LogP contribution in [0.5, 0.6) is 0 Å². The van der Waals surface area contributed by atoms with Crippen LogP contribution in [0.1, 0.15) is 13.3 Å². The molecule has 0 aliphatic heterocycles. The maximum Gasteiger partial charge on any atom is 0.236 e. The SMILES string of the molecule is CCOCCCNC(=S)NCC(N)=O. The Labute approximate surface area is 89.4 Å². The fraction of sp³-hybridized carbons (Fsp3) is 0.750. The van der Waals surface area contributed by atoms with Crippen LogP contribution in [-0.2, 0) is 9.53 Å². The van der Waals surface area contributed by atoms with E-state index in [2.05, 4.69) is 10.6 Å². The number of thiocarbonyl (C=S) groups is 1. The standard InChI is InChI=1S/C8H17N3O2S/c1-2-13-5-3-4-10-8(14)11-6-7(9)12/h2-6H2,1H3,(H2,9,12)(H2,10,11,14). The van der Waals surface area contributed by atoms with E-state index in [1.807, 2.05) is 6.92 Å². The largest absolute Gasteiger partial charge is 0.382 e. The number of nitrogens with one attached hydrogen (secondary N) is 2. The Bertz CT molecular complexity index is 187. The molecule has 5 nitrogen and oxygen atoms in total. The third kappa shape index (κ3) is 9.21. The molecular formula is C8H17N3O2S. The molecule has 0 heterocycles. The Morgan fingerprint density at radius 2 is 2.21 bits per heavy atom. The highest BCUT2D eigenvalue weighted by molar-refractivity contribution is 7.80. The summed E-state index contributed by atoms with van der Waals surface area (Å²) in [6.45, 7) is 4.18. The van der Waals surface area contributed by atoms with Crippen LogP contribution in [-0.4, -0.2) is 37.3 Å². The van der Waals surface area contributed by atoms with Crippen molar-refractivity contribution in [2.24, 2.45) is 5.73 Å². The second-order valence-corrected chi connectivity index (χ2v) is 3.03. The quantitative estimate of drug-likeness (QED) is 0.392. The van der Waals surface area contributed by atoms with Gasteiger partial charge >= 0.3 is 0 Å². The molecule has 82 valence electrons. The van der Waals surface area contributed by atoms with E-state index in [4.69, 9.17) is 22.7 Å². The van der Waals surface area contributed by atoms with Gasteiger partial charge in [0.05, 0.1) is 6.54 Å². The Balaban J connectivity index is 3.22. The van der Waals surface area contributed by atoms with Crippen molar-refractivity contribution in [1.82, 2.24) is 10.6 Å². The number of hydrogen-bond acceptors (Lipinski definition) is 3. The van der Waals surface area contributed by atoms with Gasteiger partial charge in [-0.1, -0.05) is 0 Å². The van der Waals surface area contributed by atoms with Crippen molar-refractivity contribution < 1.29 is 9.53 Å². The molecule has 0 aliphatic carbocycles. The third-order valence-electron chi connectivity index (χ3n) is 1.38. The van der Waals surface area contributed by atoms with Gasteiger partial charge in [0.2, 0.25) is 5.91 Å². The molecule has 0 aromatic carbocycles. The first-order chi connectivity index (χ1) is 6.66. The first-order valence-corrected chi connectivity index (χ1v) is 4.95. The zero-order chi connectivity index (χ0) is 10.8. The van der Waals surface area contributed by atoms with Gasteiger partial charge in [0.25, 0.3) is 0 Å². The normalized spacial score (nSPS) is 9.50. The molecule has 4 N–H and O–H groups in total. The lowest BCUT2D eigenvalue weighted by molar-refractivity contribution is -0.116. The summed E-state index contributed by atoms with van der Waals surface area (Å²) >= 11 is 4.88. The van der Waals surface area contributed by atoms with Crippen molar-refractivity contribution in [3.63, 3.8) is 0 Å². The van der Waals surface area contributed by atoms with Gasteiger partial charge in [0.15, 0.2) is 5.11 Å². The number of ether oxygens (including phenoxy) is 1. The molecule has 0 unspecified atom stereocenters. The first kappa shape index (κ1) is 13.1. The second kappa shape index (κ2) is 8.71. The number of primary amides is 1. The van der Waals surface area contributed by atoms with E-state index in [1.165, 1.54) is 0 Å². The smallest absolute Gasteiger partial charge is 0.236 e. The second-order valence-electron chi connectivity index (χ2n) is 2.63. The van der Waals surface area contributed by atoms with Crippen molar-refractivity contribution in [1.29, 1.82) is 0 Å². The minimum atomic E-state index is -0.427. The van der Waals surface area contributed by atoms with Gasteiger partial charge in [-0.25, -0.2) is 0 Å². The minimum Gasteiger partial charge on any atom is -0.382 e. The molecule has 0 saturated carbocycles. The summed E-state index contributed by atoms with van der Waals surface area (Å²) in [4.78, 5) is 10.4.